The average molecular weight is 326 g/mol. The second-order valence-corrected chi connectivity index (χ2v) is 5.82. The molecule has 1 amide bonds. The van der Waals surface area contributed by atoms with Crippen LogP contribution in [0.5, 0.6) is 5.75 Å². The van der Waals surface area contributed by atoms with Crippen LogP contribution in [0, 0.1) is 0 Å². The van der Waals surface area contributed by atoms with E-state index >= 15 is 0 Å². The topological polar surface area (TPSA) is 58.6 Å². The molecule has 24 heavy (non-hydrogen) atoms. The third kappa shape index (κ3) is 4.08. The van der Waals surface area contributed by atoms with Crippen molar-refractivity contribution >= 4 is 5.91 Å². The summed E-state index contributed by atoms with van der Waals surface area (Å²) in [6, 6.07) is 8.19. The molecule has 126 valence electrons. The van der Waals surface area contributed by atoms with E-state index in [1.807, 2.05) is 17.0 Å². The van der Waals surface area contributed by atoms with Crippen molar-refractivity contribution in [1.82, 2.24) is 19.8 Å². The molecular weight excluding hydrogens is 304 g/mol. The van der Waals surface area contributed by atoms with E-state index in [2.05, 4.69) is 27.0 Å². The highest BCUT2D eigenvalue weighted by Gasteiger charge is 2.22. The van der Waals surface area contributed by atoms with E-state index in [-0.39, 0.29) is 5.91 Å². The smallest absolute Gasteiger partial charge is 0.274 e. The van der Waals surface area contributed by atoms with Crippen molar-refractivity contribution in [3.8, 4) is 5.75 Å². The highest BCUT2D eigenvalue weighted by molar-refractivity contribution is 5.92. The van der Waals surface area contributed by atoms with E-state index in [0.29, 0.717) is 5.69 Å². The zero-order chi connectivity index (χ0) is 16.8. The summed E-state index contributed by atoms with van der Waals surface area (Å²) in [5.74, 6) is 0.854. The van der Waals surface area contributed by atoms with E-state index in [1.165, 1.54) is 11.8 Å². The zero-order valence-corrected chi connectivity index (χ0v) is 13.9. The molecule has 1 aliphatic heterocycles. The molecule has 0 spiro atoms. The lowest BCUT2D eigenvalue weighted by Crippen LogP contribution is -2.49. The molecule has 1 aromatic carbocycles. The molecule has 1 fully saturated rings. The van der Waals surface area contributed by atoms with Gasteiger partial charge in [-0.3, -0.25) is 14.7 Å². The Kier molecular flexibility index (Phi) is 5.38. The second-order valence-electron chi connectivity index (χ2n) is 5.82. The average Bonchev–Trinajstić information content (AvgIpc) is 2.67. The Morgan fingerprint density at radius 3 is 2.50 bits per heavy atom. The van der Waals surface area contributed by atoms with Crippen LogP contribution >= 0.6 is 0 Å². The fourth-order valence-corrected chi connectivity index (χ4v) is 2.83. The Hall–Kier alpha value is -2.47. The number of carbonyl (C=O) groups excluding carboxylic acids is 1. The van der Waals surface area contributed by atoms with Crippen molar-refractivity contribution in [2.75, 3.05) is 39.8 Å². The van der Waals surface area contributed by atoms with Crippen LogP contribution in [-0.4, -0.2) is 65.5 Å². The van der Waals surface area contributed by atoms with Gasteiger partial charge in [-0.2, -0.15) is 0 Å². The van der Waals surface area contributed by atoms with Crippen molar-refractivity contribution < 1.29 is 9.53 Å². The molecule has 0 bridgehead atoms. The van der Waals surface area contributed by atoms with Crippen LogP contribution in [0.15, 0.2) is 42.9 Å². The van der Waals surface area contributed by atoms with Gasteiger partial charge in [0.1, 0.15) is 11.4 Å². The summed E-state index contributed by atoms with van der Waals surface area (Å²) in [5, 5.41) is 0. The van der Waals surface area contributed by atoms with E-state index < -0.39 is 0 Å². The van der Waals surface area contributed by atoms with Crippen molar-refractivity contribution in [2.45, 2.75) is 6.42 Å². The van der Waals surface area contributed by atoms with Crippen LogP contribution in [-0.2, 0) is 6.42 Å². The van der Waals surface area contributed by atoms with Crippen molar-refractivity contribution in [3.63, 3.8) is 0 Å². The van der Waals surface area contributed by atoms with Gasteiger partial charge in [0.25, 0.3) is 5.91 Å². The van der Waals surface area contributed by atoms with Gasteiger partial charge in [-0.15, -0.1) is 0 Å². The second kappa shape index (κ2) is 7.88. The minimum Gasteiger partial charge on any atom is -0.497 e. The predicted molar refractivity (Wildman–Crippen MR) is 91.1 cm³/mol. The van der Waals surface area contributed by atoms with E-state index in [9.17, 15) is 4.79 Å². The molecule has 1 aliphatic rings. The molecule has 0 N–H and O–H groups in total. The minimum atomic E-state index is -0.0297. The highest BCUT2D eigenvalue weighted by atomic mass is 16.5. The molecule has 1 saturated heterocycles. The molecule has 0 aliphatic carbocycles. The number of hydrogen-bond acceptors (Lipinski definition) is 5. The number of rotatable bonds is 5. The molecule has 0 unspecified atom stereocenters. The van der Waals surface area contributed by atoms with Crippen molar-refractivity contribution in [2.24, 2.45) is 0 Å². The van der Waals surface area contributed by atoms with Crippen LogP contribution < -0.4 is 4.74 Å². The number of ether oxygens (including phenoxy) is 1. The molecule has 2 aromatic rings. The van der Waals surface area contributed by atoms with E-state index in [4.69, 9.17) is 4.74 Å². The lowest BCUT2D eigenvalue weighted by Gasteiger charge is -2.34. The number of piperazine rings is 1. The summed E-state index contributed by atoms with van der Waals surface area (Å²) in [5.41, 5.74) is 1.72. The monoisotopic (exact) mass is 326 g/mol. The number of amides is 1. The number of nitrogens with zero attached hydrogens (tertiary/aromatic N) is 4. The first-order valence-corrected chi connectivity index (χ1v) is 8.17. The molecule has 3 rings (SSSR count). The number of carbonyl (C=O) groups is 1. The van der Waals surface area contributed by atoms with Crippen molar-refractivity contribution in [1.29, 1.82) is 0 Å². The van der Waals surface area contributed by atoms with Crippen LogP contribution in [0.1, 0.15) is 16.1 Å². The van der Waals surface area contributed by atoms with Gasteiger partial charge >= 0.3 is 0 Å². The Morgan fingerprint density at radius 1 is 1.12 bits per heavy atom. The molecule has 0 atom stereocenters. The quantitative estimate of drug-likeness (QED) is 0.833. The highest BCUT2D eigenvalue weighted by Crippen LogP contribution is 2.13. The third-order valence-electron chi connectivity index (χ3n) is 4.32. The molecular formula is C18H22N4O2. The van der Waals surface area contributed by atoms with Gasteiger partial charge in [0.15, 0.2) is 0 Å². The first-order chi connectivity index (χ1) is 11.8. The maximum atomic E-state index is 12.3. The summed E-state index contributed by atoms with van der Waals surface area (Å²) in [6.07, 6.45) is 5.66. The number of benzene rings is 1. The molecule has 6 nitrogen and oxygen atoms in total. The van der Waals surface area contributed by atoms with Crippen LogP contribution in [0.25, 0.3) is 0 Å². The first-order valence-electron chi connectivity index (χ1n) is 8.17. The van der Waals surface area contributed by atoms with Gasteiger partial charge < -0.3 is 9.64 Å². The van der Waals surface area contributed by atoms with Gasteiger partial charge in [-0.1, -0.05) is 12.1 Å². The van der Waals surface area contributed by atoms with E-state index in [1.54, 1.807) is 19.5 Å². The Bertz CT molecular complexity index is 652. The Labute approximate surface area is 142 Å². The van der Waals surface area contributed by atoms with Gasteiger partial charge in [0.05, 0.1) is 13.3 Å². The van der Waals surface area contributed by atoms with Crippen LogP contribution in [0.2, 0.25) is 0 Å². The number of aromatic nitrogens is 2. The normalized spacial score (nSPS) is 15.3. The third-order valence-corrected chi connectivity index (χ3v) is 4.32. The molecule has 0 radical (unpaired) electrons. The van der Waals surface area contributed by atoms with Gasteiger partial charge in [0.2, 0.25) is 0 Å². The van der Waals surface area contributed by atoms with Gasteiger partial charge in [0, 0.05) is 45.1 Å². The van der Waals surface area contributed by atoms with Gasteiger partial charge in [-0.25, -0.2) is 4.98 Å². The van der Waals surface area contributed by atoms with Crippen molar-refractivity contribution in [3.05, 3.63) is 54.1 Å². The fourth-order valence-electron chi connectivity index (χ4n) is 2.83. The Balaban J connectivity index is 1.45. The lowest BCUT2D eigenvalue weighted by atomic mass is 10.1. The summed E-state index contributed by atoms with van der Waals surface area (Å²) < 4.78 is 5.18. The SMILES string of the molecule is COc1ccc(CCN2CCN(C(=O)c3cnccn3)CC2)cc1. The standard InChI is InChI=1S/C18H22N4O2/c1-24-16-4-2-15(3-5-16)6-9-21-10-12-22(13-11-21)18(23)17-14-19-7-8-20-17/h2-5,7-8,14H,6,9-13H2,1H3. The lowest BCUT2D eigenvalue weighted by molar-refractivity contribution is 0.0632. The van der Waals surface area contributed by atoms with Crippen LogP contribution in [0.3, 0.4) is 0 Å². The largest absolute Gasteiger partial charge is 0.497 e. The number of hydrogen-bond donors (Lipinski definition) is 0. The fraction of sp³-hybridized carbons (Fsp3) is 0.389. The predicted octanol–water partition coefficient (Wildman–Crippen LogP) is 1.49. The molecule has 2 heterocycles. The molecule has 6 heteroatoms. The summed E-state index contributed by atoms with van der Waals surface area (Å²) in [6.45, 7) is 4.25. The maximum Gasteiger partial charge on any atom is 0.274 e. The van der Waals surface area contributed by atoms with Crippen LogP contribution in [0.4, 0.5) is 0 Å². The summed E-state index contributed by atoms with van der Waals surface area (Å²) in [4.78, 5) is 24.6. The summed E-state index contributed by atoms with van der Waals surface area (Å²) >= 11 is 0. The Morgan fingerprint density at radius 2 is 1.88 bits per heavy atom. The minimum absolute atomic E-state index is 0.0297. The number of methoxy groups -OCH3 is 1. The summed E-state index contributed by atoms with van der Waals surface area (Å²) in [7, 11) is 1.68. The van der Waals surface area contributed by atoms with E-state index in [0.717, 1.165) is 44.9 Å². The first kappa shape index (κ1) is 16.4. The zero-order valence-electron chi connectivity index (χ0n) is 13.9. The maximum absolute atomic E-state index is 12.3. The molecule has 0 saturated carbocycles. The molecule has 1 aromatic heterocycles. The van der Waals surface area contributed by atoms with Gasteiger partial charge in [-0.05, 0) is 24.1 Å².